The first-order chi connectivity index (χ1) is 7.24. The number of rotatable bonds is 3. The topological polar surface area (TPSA) is 20.3 Å². The van der Waals surface area contributed by atoms with Gasteiger partial charge in [0.1, 0.15) is 0 Å². The summed E-state index contributed by atoms with van der Waals surface area (Å²) in [4.78, 5) is 14.0. The molecule has 0 saturated heterocycles. The Hall–Kier alpha value is -0.752. The summed E-state index contributed by atoms with van der Waals surface area (Å²) in [6.45, 7) is 3.87. The number of fused-ring (bicyclic) bond motifs is 1. The summed E-state index contributed by atoms with van der Waals surface area (Å²) in [5, 5.41) is 0. The second-order valence-corrected chi connectivity index (χ2v) is 5.27. The monoisotopic (exact) mass is 265 g/mol. The first kappa shape index (κ1) is 10.8. The van der Waals surface area contributed by atoms with Gasteiger partial charge in [0.15, 0.2) is 0 Å². The first-order valence-electron chi connectivity index (χ1n) is 5.40. The number of carbonyl (C=O) groups excluding carboxylic acids is 1. The van der Waals surface area contributed by atoms with Gasteiger partial charge in [-0.3, -0.25) is 0 Å². The number of amides is 1. The summed E-state index contributed by atoms with van der Waals surface area (Å²) < 4.78 is 1.17. The van der Waals surface area contributed by atoms with Gasteiger partial charge in [0.2, 0.25) is 0 Å². The fraction of sp³-hybridized carbons (Fsp3) is 0.417. The van der Waals surface area contributed by atoms with Crippen molar-refractivity contribution in [2.24, 2.45) is 0 Å². The third-order valence-electron chi connectivity index (χ3n) is 2.83. The van der Waals surface area contributed by atoms with Crippen LogP contribution in [0.15, 0.2) is 18.2 Å². The van der Waals surface area contributed by atoms with E-state index in [1.807, 2.05) is 17.0 Å². The molecule has 0 fully saturated rings. The molecule has 0 N–H and O–H groups in total. The molecular formula is C12H16AsNO. The van der Waals surface area contributed by atoms with Gasteiger partial charge in [-0.15, -0.1) is 0 Å². The summed E-state index contributed by atoms with van der Waals surface area (Å²) in [5.41, 5.74) is 2.17. The Kier molecular flexibility index (Phi) is 3.16. The van der Waals surface area contributed by atoms with E-state index in [0.717, 1.165) is 31.5 Å². The molecule has 1 aromatic rings. The quantitative estimate of drug-likeness (QED) is 0.737. The van der Waals surface area contributed by atoms with Crippen molar-refractivity contribution in [3.8, 4) is 0 Å². The van der Waals surface area contributed by atoms with Gasteiger partial charge in [0.05, 0.1) is 0 Å². The third kappa shape index (κ3) is 1.96. The van der Waals surface area contributed by atoms with Crippen LogP contribution in [0.2, 0.25) is 0 Å². The fourth-order valence-corrected chi connectivity index (χ4v) is 2.86. The number of carbonyl (C=O) groups is 1. The van der Waals surface area contributed by atoms with Crippen LogP contribution in [0.25, 0.3) is 0 Å². The minimum absolute atomic E-state index is 0.235. The van der Waals surface area contributed by atoms with E-state index in [1.54, 1.807) is 0 Å². The number of hydrogen-bond acceptors (Lipinski definition) is 1. The molecule has 3 heteroatoms. The van der Waals surface area contributed by atoms with Gasteiger partial charge in [0.25, 0.3) is 0 Å². The molecule has 15 heavy (non-hydrogen) atoms. The van der Waals surface area contributed by atoms with E-state index in [9.17, 15) is 4.79 Å². The first-order valence-corrected chi connectivity index (χ1v) is 6.61. The normalized spacial score (nSPS) is 14.5. The summed E-state index contributed by atoms with van der Waals surface area (Å²) >= 11 is 1.54. The molecule has 1 aromatic carbocycles. The van der Waals surface area contributed by atoms with Crippen molar-refractivity contribution in [1.82, 2.24) is 4.90 Å². The van der Waals surface area contributed by atoms with E-state index in [4.69, 9.17) is 0 Å². The van der Waals surface area contributed by atoms with Gasteiger partial charge < -0.3 is 0 Å². The summed E-state index contributed by atoms with van der Waals surface area (Å²) in [6.07, 6.45) is 2.24. The van der Waals surface area contributed by atoms with Gasteiger partial charge in [-0.2, -0.15) is 0 Å². The van der Waals surface area contributed by atoms with E-state index >= 15 is 0 Å². The van der Waals surface area contributed by atoms with Gasteiger partial charge in [0, 0.05) is 0 Å². The van der Waals surface area contributed by atoms with Gasteiger partial charge in [-0.25, -0.2) is 0 Å². The van der Waals surface area contributed by atoms with Crippen molar-refractivity contribution >= 4 is 27.1 Å². The molecule has 0 spiro atoms. The summed E-state index contributed by atoms with van der Waals surface area (Å²) in [5.74, 6) is 0.235. The third-order valence-corrected chi connectivity index (χ3v) is 3.84. The van der Waals surface area contributed by atoms with Crippen LogP contribution in [0.4, 0.5) is 0 Å². The average molecular weight is 265 g/mol. The zero-order valence-electron chi connectivity index (χ0n) is 8.99. The Morgan fingerprint density at radius 2 is 2.27 bits per heavy atom. The molecule has 2 rings (SSSR count). The molecule has 0 aromatic heterocycles. The Morgan fingerprint density at radius 3 is 2.93 bits per heavy atom. The molecule has 2 nitrogen and oxygen atoms in total. The zero-order chi connectivity index (χ0) is 10.8. The molecule has 1 aliphatic heterocycles. The standard InChI is InChI=1S/C12H16AsNO/c1-2-3-7-14-8-9-5-4-6-10(13)11(9)12(14)15/h4-6H,2-3,7-8,13H2,1H3. The fourth-order valence-electron chi connectivity index (χ4n) is 1.98. The summed E-state index contributed by atoms with van der Waals surface area (Å²) in [7, 11) is 0. The van der Waals surface area contributed by atoms with Crippen molar-refractivity contribution < 1.29 is 4.79 Å². The SMILES string of the molecule is CCCCN1Cc2cccc([AsH2])c2C1=O. The van der Waals surface area contributed by atoms with Crippen LogP contribution < -0.4 is 4.35 Å². The van der Waals surface area contributed by atoms with Crippen molar-refractivity contribution in [3.63, 3.8) is 0 Å². The number of nitrogens with zero attached hydrogens (tertiary/aromatic N) is 1. The molecule has 1 unspecified atom stereocenters. The van der Waals surface area contributed by atoms with Crippen LogP contribution in [-0.2, 0) is 6.54 Å². The number of hydrogen-bond donors (Lipinski definition) is 0. The van der Waals surface area contributed by atoms with Crippen LogP contribution >= 0.6 is 0 Å². The zero-order valence-corrected chi connectivity index (χ0v) is 11.4. The maximum atomic E-state index is 12.1. The van der Waals surface area contributed by atoms with Gasteiger partial charge >= 0.3 is 99.0 Å². The van der Waals surface area contributed by atoms with Crippen LogP contribution in [-0.4, -0.2) is 34.2 Å². The molecule has 1 aliphatic rings. The predicted octanol–water partition coefficient (Wildman–Crippen LogP) is 0.701. The second-order valence-electron chi connectivity index (χ2n) is 3.96. The van der Waals surface area contributed by atoms with Gasteiger partial charge in [-0.1, -0.05) is 0 Å². The molecule has 0 bridgehead atoms. The second kappa shape index (κ2) is 4.40. The van der Waals surface area contributed by atoms with E-state index in [-0.39, 0.29) is 5.91 Å². The van der Waals surface area contributed by atoms with Crippen molar-refractivity contribution in [1.29, 1.82) is 0 Å². The molecule has 80 valence electrons. The molecule has 1 heterocycles. The molecular weight excluding hydrogens is 249 g/mol. The molecule has 0 saturated carbocycles. The molecule has 0 radical (unpaired) electrons. The van der Waals surface area contributed by atoms with Crippen LogP contribution in [0.5, 0.6) is 0 Å². The average Bonchev–Trinajstić information content (AvgIpc) is 2.54. The van der Waals surface area contributed by atoms with Crippen LogP contribution in [0.3, 0.4) is 0 Å². The van der Waals surface area contributed by atoms with E-state index in [0.29, 0.717) is 0 Å². The Bertz CT molecular complexity index is 389. The van der Waals surface area contributed by atoms with E-state index in [2.05, 4.69) is 13.0 Å². The molecule has 1 amide bonds. The Morgan fingerprint density at radius 1 is 1.47 bits per heavy atom. The predicted molar refractivity (Wildman–Crippen MR) is 64.3 cm³/mol. The van der Waals surface area contributed by atoms with Gasteiger partial charge in [-0.05, 0) is 0 Å². The maximum absolute atomic E-state index is 12.1. The number of benzene rings is 1. The van der Waals surface area contributed by atoms with E-state index < -0.39 is 0 Å². The number of unbranched alkanes of at least 4 members (excludes halogenated alkanes) is 1. The summed E-state index contributed by atoms with van der Waals surface area (Å²) in [6, 6.07) is 6.16. The minimum atomic E-state index is 0.235. The van der Waals surface area contributed by atoms with Crippen molar-refractivity contribution in [3.05, 3.63) is 29.3 Å². The Labute approximate surface area is 99.2 Å². The molecule has 1 atom stereocenters. The molecule has 0 aliphatic carbocycles. The van der Waals surface area contributed by atoms with Crippen molar-refractivity contribution in [2.75, 3.05) is 6.54 Å². The van der Waals surface area contributed by atoms with Crippen LogP contribution in [0, 0.1) is 0 Å². The van der Waals surface area contributed by atoms with Crippen molar-refractivity contribution in [2.45, 2.75) is 26.3 Å². The van der Waals surface area contributed by atoms with E-state index in [1.165, 1.54) is 26.8 Å². The van der Waals surface area contributed by atoms with Crippen LogP contribution in [0.1, 0.15) is 35.7 Å². The Balaban J connectivity index is 2.22.